The number of aryl methyl sites for hydroxylation is 1. The van der Waals surface area contributed by atoms with Crippen molar-refractivity contribution in [2.24, 2.45) is 0 Å². The first kappa shape index (κ1) is 24.4. The molecule has 2 aromatic carbocycles. The van der Waals surface area contributed by atoms with E-state index in [4.69, 9.17) is 0 Å². The second-order valence-corrected chi connectivity index (χ2v) is 11.0. The van der Waals surface area contributed by atoms with Gasteiger partial charge in [-0.3, -0.25) is 9.59 Å². The molecule has 0 atom stereocenters. The second kappa shape index (κ2) is 11.1. The van der Waals surface area contributed by atoms with Gasteiger partial charge in [0.25, 0.3) is 5.91 Å². The summed E-state index contributed by atoms with van der Waals surface area (Å²) < 4.78 is 27.4. The third kappa shape index (κ3) is 6.04. The Labute approximate surface area is 202 Å². The number of anilines is 1. The molecule has 34 heavy (non-hydrogen) atoms. The normalized spacial score (nSPS) is 17.4. The lowest BCUT2D eigenvalue weighted by Crippen LogP contribution is -2.31. The van der Waals surface area contributed by atoms with Crippen molar-refractivity contribution in [3.8, 4) is 0 Å². The maximum Gasteiger partial charge on any atom is 0.253 e. The predicted octanol–water partition coefficient (Wildman–Crippen LogP) is 4.06. The molecule has 0 radical (unpaired) electrons. The molecule has 2 heterocycles. The van der Waals surface area contributed by atoms with E-state index >= 15 is 0 Å². The zero-order valence-corrected chi connectivity index (χ0v) is 20.4. The number of likely N-dealkylation sites (tertiary alicyclic amines) is 1. The summed E-state index contributed by atoms with van der Waals surface area (Å²) >= 11 is 0. The number of benzene rings is 2. The fraction of sp³-hybridized carbons (Fsp3) is 0.462. The summed E-state index contributed by atoms with van der Waals surface area (Å²) in [6.07, 6.45) is 6.80. The van der Waals surface area contributed by atoms with Crippen LogP contribution in [0.4, 0.5) is 5.69 Å². The first-order valence-corrected chi connectivity index (χ1v) is 13.7. The van der Waals surface area contributed by atoms with Crippen LogP contribution in [0.2, 0.25) is 0 Å². The Balaban J connectivity index is 1.31. The van der Waals surface area contributed by atoms with E-state index in [0.29, 0.717) is 35.7 Å². The molecule has 2 amide bonds. The summed E-state index contributed by atoms with van der Waals surface area (Å²) in [5.41, 5.74) is 2.10. The van der Waals surface area contributed by atoms with Crippen molar-refractivity contribution in [2.75, 3.05) is 31.5 Å². The number of carbonyl (C=O) groups is 2. The van der Waals surface area contributed by atoms with Crippen molar-refractivity contribution in [3.05, 3.63) is 59.7 Å². The van der Waals surface area contributed by atoms with Crippen molar-refractivity contribution in [3.63, 3.8) is 0 Å². The Morgan fingerprint density at radius 3 is 2.15 bits per heavy atom. The third-order valence-corrected chi connectivity index (χ3v) is 8.47. The molecule has 0 aliphatic carbocycles. The Morgan fingerprint density at radius 2 is 1.47 bits per heavy atom. The van der Waals surface area contributed by atoms with Crippen LogP contribution in [0.1, 0.15) is 60.9 Å². The van der Waals surface area contributed by atoms with E-state index < -0.39 is 10.0 Å². The highest BCUT2D eigenvalue weighted by molar-refractivity contribution is 7.89. The summed E-state index contributed by atoms with van der Waals surface area (Å²) in [4.78, 5) is 27.2. The molecule has 0 aromatic heterocycles. The van der Waals surface area contributed by atoms with Crippen LogP contribution in [0.15, 0.2) is 53.4 Å². The first-order chi connectivity index (χ1) is 16.4. The molecule has 0 unspecified atom stereocenters. The van der Waals surface area contributed by atoms with Gasteiger partial charge in [-0.05, 0) is 68.0 Å². The fourth-order valence-electron chi connectivity index (χ4n) is 4.57. The molecule has 2 aromatic rings. The quantitative estimate of drug-likeness (QED) is 0.644. The van der Waals surface area contributed by atoms with Crippen LogP contribution >= 0.6 is 0 Å². The van der Waals surface area contributed by atoms with Gasteiger partial charge in [-0.2, -0.15) is 4.31 Å². The van der Waals surface area contributed by atoms with Crippen LogP contribution in [0.5, 0.6) is 0 Å². The van der Waals surface area contributed by atoms with E-state index in [2.05, 4.69) is 5.32 Å². The van der Waals surface area contributed by atoms with Crippen molar-refractivity contribution < 1.29 is 18.0 Å². The molecule has 2 fully saturated rings. The van der Waals surface area contributed by atoms with Gasteiger partial charge in [-0.15, -0.1) is 0 Å². The SMILES string of the molecule is O=C(CCc1ccc(S(=O)(=O)N2CCCCCC2)cc1)Nc1cccc(C(=O)N2CCCC2)c1. The lowest BCUT2D eigenvalue weighted by atomic mass is 10.1. The molecular weight excluding hydrogens is 450 g/mol. The number of carbonyl (C=O) groups excluding carboxylic acids is 2. The molecule has 0 bridgehead atoms. The fourth-order valence-corrected chi connectivity index (χ4v) is 6.09. The van der Waals surface area contributed by atoms with Gasteiger partial charge < -0.3 is 10.2 Å². The molecule has 8 heteroatoms. The molecule has 2 aliphatic heterocycles. The van der Waals surface area contributed by atoms with E-state index in [0.717, 1.165) is 57.2 Å². The molecule has 7 nitrogen and oxygen atoms in total. The molecule has 0 saturated carbocycles. The zero-order chi connectivity index (χ0) is 24.0. The standard InChI is InChI=1S/C26H33N3O4S/c30-25(27-23-9-7-8-22(20-23)26(31)28-16-5-6-17-28)15-12-21-10-13-24(14-11-21)34(32,33)29-18-3-1-2-4-19-29/h7-11,13-14,20H,1-6,12,15-19H2,(H,27,30). The molecular formula is C26H33N3O4S. The van der Waals surface area contributed by atoms with Crippen LogP contribution in [0, 0.1) is 0 Å². The Kier molecular flexibility index (Phi) is 8.00. The number of rotatable bonds is 7. The summed E-state index contributed by atoms with van der Waals surface area (Å²) in [5.74, 6) is -0.143. The predicted molar refractivity (Wildman–Crippen MR) is 132 cm³/mol. The van der Waals surface area contributed by atoms with Gasteiger partial charge >= 0.3 is 0 Å². The lowest BCUT2D eigenvalue weighted by Gasteiger charge is -2.20. The zero-order valence-electron chi connectivity index (χ0n) is 19.5. The van der Waals surface area contributed by atoms with Gasteiger partial charge in [0, 0.05) is 43.9 Å². The van der Waals surface area contributed by atoms with Crippen LogP contribution in [-0.2, 0) is 21.2 Å². The van der Waals surface area contributed by atoms with E-state index in [1.54, 1.807) is 52.8 Å². The smallest absolute Gasteiger partial charge is 0.253 e. The summed E-state index contributed by atoms with van der Waals surface area (Å²) in [6, 6.07) is 13.9. The maximum atomic E-state index is 12.9. The number of hydrogen-bond donors (Lipinski definition) is 1. The average Bonchev–Trinajstić information content (AvgIpc) is 3.24. The molecule has 0 spiro atoms. The van der Waals surface area contributed by atoms with Crippen molar-refractivity contribution in [1.29, 1.82) is 0 Å². The number of nitrogens with one attached hydrogen (secondary N) is 1. The Morgan fingerprint density at radius 1 is 0.824 bits per heavy atom. The minimum atomic E-state index is -3.47. The number of amides is 2. The van der Waals surface area contributed by atoms with Gasteiger partial charge in [-0.25, -0.2) is 8.42 Å². The lowest BCUT2D eigenvalue weighted by molar-refractivity contribution is -0.116. The molecule has 1 N–H and O–H groups in total. The largest absolute Gasteiger partial charge is 0.339 e. The minimum absolute atomic E-state index is 0.00353. The van der Waals surface area contributed by atoms with Gasteiger partial charge in [0.05, 0.1) is 4.90 Å². The molecule has 182 valence electrons. The first-order valence-electron chi connectivity index (χ1n) is 12.2. The number of nitrogens with zero attached hydrogens (tertiary/aromatic N) is 2. The highest BCUT2D eigenvalue weighted by atomic mass is 32.2. The maximum absolute atomic E-state index is 12.9. The minimum Gasteiger partial charge on any atom is -0.339 e. The third-order valence-electron chi connectivity index (χ3n) is 6.55. The van der Waals surface area contributed by atoms with Crippen LogP contribution in [-0.4, -0.2) is 55.6 Å². The monoisotopic (exact) mass is 483 g/mol. The Bertz CT molecular complexity index is 1100. The number of hydrogen-bond acceptors (Lipinski definition) is 4. The van der Waals surface area contributed by atoms with Crippen molar-refractivity contribution in [1.82, 2.24) is 9.21 Å². The molecule has 2 aliphatic rings. The van der Waals surface area contributed by atoms with Gasteiger partial charge in [0.2, 0.25) is 15.9 Å². The van der Waals surface area contributed by atoms with Gasteiger partial charge in [0.1, 0.15) is 0 Å². The van der Waals surface area contributed by atoms with E-state index in [1.807, 2.05) is 4.90 Å². The van der Waals surface area contributed by atoms with E-state index in [1.165, 1.54) is 0 Å². The average molecular weight is 484 g/mol. The highest BCUT2D eigenvalue weighted by Crippen LogP contribution is 2.21. The summed E-state index contributed by atoms with van der Waals surface area (Å²) in [6.45, 7) is 2.73. The van der Waals surface area contributed by atoms with Gasteiger partial charge in [-0.1, -0.05) is 31.0 Å². The van der Waals surface area contributed by atoms with Crippen molar-refractivity contribution >= 4 is 27.5 Å². The topological polar surface area (TPSA) is 86.8 Å². The van der Waals surface area contributed by atoms with Crippen LogP contribution < -0.4 is 5.32 Å². The van der Waals surface area contributed by atoms with Crippen LogP contribution in [0.25, 0.3) is 0 Å². The van der Waals surface area contributed by atoms with E-state index in [9.17, 15) is 18.0 Å². The molecule has 4 rings (SSSR count). The van der Waals surface area contributed by atoms with Gasteiger partial charge in [0.15, 0.2) is 0 Å². The highest BCUT2D eigenvalue weighted by Gasteiger charge is 2.25. The van der Waals surface area contributed by atoms with Crippen molar-refractivity contribution in [2.45, 2.75) is 56.3 Å². The summed E-state index contributed by atoms with van der Waals surface area (Å²) in [7, 11) is -3.47. The summed E-state index contributed by atoms with van der Waals surface area (Å²) in [5, 5.41) is 2.87. The van der Waals surface area contributed by atoms with E-state index in [-0.39, 0.29) is 18.2 Å². The number of sulfonamides is 1. The Hall–Kier alpha value is -2.71. The van der Waals surface area contributed by atoms with Crippen LogP contribution in [0.3, 0.4) is 0 Å². The molecule has 2 saturated heterocycles. The second-order valence-electron chi connectivity index (χ2n) is 9.09.